The van der Waals surface area contributed by atoms with Gasteiger partial charge in [0, 0.05) is 17.7 Å². The van der Waals surface area contributed by atoms with Gasteiger partial charge in [0.15, 0.2) is 0 Å². The second kappa shape index (κ2) is 7.21. The quantitative estimate of drug-likeness (QED) is 0.532. The predicted molar refractivity (Wildman–Crippen MR) is 91.2 cm³/mol. The number of nitrogens with zero attached hydrogens (tertiary/aromatic N) is 4. The molecule has 10 heteroatoms. The van der Waals surface area contributed by atoms with Gasteiger partial charge in [-0.3, -0.25) is 25.1 Å². The van der Waals surface area contributed by atoms with E-state index in [4.69, 9.17) is 0 Å². The van der Waals surface area contributed by atoms with Gasteiger partial charge in [-0.1, -0.05) is 12.1 Å². The number of aromatic nitrogens is 3. The highest BCUT2D eigenvalue weighted by Crippen LogP contribution is 2.18. The largest absolute Gasteiger partial charge is 0.321 e. The zero-order chi connectivity index (χ0) is 18.5. The van der Waals surface area contributed by atoms with Crippen LogP contribution in [0.4, 0.5) is 11.4 Å². The van der Waals surface area contributed by atoms with Crippen LogP contribution in [0.15, 0.2) is 61.2 Å². The Morgan fingerprint density at radius 3 is 2.27 bits per heavy atom. The van der Waals surface area contributed by atoms with Crippen molar-refractivity contribution < 1.29 is 14.5 Å². The Bertz CT molecular complexity index is 953. The first kappa shape index (κ1) is 16.8. The van der Waals surface area contributed by atoms with Crippen molar-refractivity contribution in [2.24, 2.45) is 0 Å². The minimum atomic E-state index is -0.549. The molecule has 2 amide bonds. The number of amides is 2. The van der Waals surface area contributed by atoms with Gasteiger partial charge in [0.1, 0.15) is 12.7 Å². The molecule has 1 heterocycles. The first-order valence-corrected chi connectivity index (χ1v) is 7.35. The van der Waals surface area contributed by atoms with Gasteiger partial charge >= 0.3 is 0 Å². The minimum Gasteiger partial charge on any atom is -0.321 e. The van der Waals surface area contributed by atoms with E-state index in [-0.39, 0.29) is 16.8 Å². The van der Waals surface area contributed by atoms with E-state index in [2.05, 4.69) is 20.9 Å². The van der Waals surface area contributed by atoms with E-state index in [0.29, 0.717) is 5.69 Å². The molecule has 0 aliphatic carbocycles. The lowest BCUT2D eigenvalue weighted by atomic mass is 10.1. The van der Waals surface area contributed by atoms with Crippen molar-refractivity contribution in [1.29, 1.82) is 0 Å². The van der Waals surface area contributed by atoms with Crippen LogP contribution in [0.1, 0.15) is 20.7 Å². The third-order valence-electron chi connectivity index (χ3n) is 3.41. The summed E-state index contributed by atoms with van der Waals surface area (Å²) >= 11 is 0. The third-order valence-corrected chi connectivity index (χ3v) is 3.41. The van der Waals surface area contributed by atoms with Crippen LogP contribution in [0.25, 0.3) is 0 Å². The first-order valence-electron chi connectivity index (χ1n) is 7.35. The maximum atomic E-state index is 12.4. The molecule has 3 aromatic rings. The predicted octanol–water partition coefficient (Wildman–Crippen LogP) is 1.82. The first-order chi connectivity index (χ1) is 12.5. The molecule has 0 atom stereocenters. The molecule has 1 aromatic heterocycles. The Morgan fingerprint density at radius 1 is 0.962 bits per heavy atom. The molecule has 10 nitrogen and oxygen atoms in total. The Balaban J connectivity index is 1.78. The molecule has 0 bridgehead atoms. The van der Waals surface area contributed by atoms with E-state index >= 15 is 0 Å². The van der Waals surface area contributed by atoms with Crippen molar-refractivity contribution in [2.75, 3.05) is 10.7 Å². The van der Waals surface area contributed by atoms with Gasteiger partial charge in [0.05, 0.1) is 16.2 Å². The van der Waals surface area contributed by atoms with Gasteiger partial charge in [0.25, 0.3) is 17.5 Å². The van der Waals surface area contributed by atoms with E-state index in [1.807, 2.05) is 0 Å². The molecule has 0 aliphatic rings. The molecule has 2 N–H and O–H groups in total. The van der Waals surface area contributed by atoms with Gasteiger partial charge in [-0.2, -0.15) is 0 Å². The molecule has 0 spiro atoms. The lowest BCUT2D eigenvalue weighted by Gasteiger charge is -2.11. The second-order valence-electron chi connectivity index (χ2n) is 5.11. The summed E-state index contributed by atoms with van der Waals surface area (Å²) in [5.74, 6) is -0.964. The summed E-state index contributed by atoms with van der Waals surface area (Å²) in [4.78, 5) is 34.8. The topological polar surface area (TPSA) is 132 Å². The third kappa shape index (κ3) is 3.70. The maximum Gasteiger partial charge on any atom is 0.272 e. The summed E-state index contributed by atoms with van der Waals surface area (Å²) in [5, 5.41) is 20.5. The molecular weight excluding hydrogens is 340 g/mol. The Labute approximate surface area is 146 Å². The fourth-order valence-corrected chi connectivity index (χ4v) is 2.16. The molecular formula is C16H12N6O4. The van der Waals surface area contributed by atoms with Crippen LogP contribution in [-0.4, -0.2) is 31.6 Å². The smallest absolute Gasteiger partial charge is 0.272 e. The highest BCUT2D eigenvalue weighted by atomic mass is 16.6. The Hall–Kier alpha value is -4.08. The number of benzene rings is 2. The van der Waals surface area contributed by atoms with E-state index < -0.39 is 16.7 Å². The molecule has 2 aromatic carbocycles. The van der Waals surface area contributed by atoms with E-state index in [0.717, 1.165) is 0 Å². The second-order valence-corrected chi connectivity index (χ2v) is 5.11. The normalized spacial score (nSPS) is 10.2. The number of hydrogen-bond donors (Lipinski definition) is 2. The van der Waals surface area contributed by atoms with E-state index in [9.17, 15) is 19.7 Å². The number of hydrogen-bond acceptors (Lipinski definition) is 6. The van der Waals surface area contributed by atoms with Crippen LogP contribution in [0.2, 0.25) is 0 Å². The standard InChI is InChI=1S/C16H12N6O4/c23-15(11-5-7-12(8-6-11)22(25)26)19-14-4-2-1-3-13(14)16(24)20-21-9-17-18-10-21/h1-10H,(H,19,23)(H,20,24). The number of non-ortho nitro benzene ring substituents is 1. The van der Waals surface area contributed by atoms with Crippen molar-refractivity contribution in [3.05, 3.63) is 82.4 Å². The van der Waals surface area contributed by atoms with Crippen molar-refractivity contribution >= 4 is 23.2 Å². The SMILES string of the molecule is O=C(Nc1ccccc1C(=O)Nn1cnnc1)c1ccc([N+](=O)[O-])cc1. The van der Waals surface area contributed by atoms with Crippen LogP contribution in [0, 0.1) is 10.1 Å². The zero-order valence-corrected chi connectivity index (χ0v) is 13.2. The molecule has 3 rings (SSSR count). The number of nitro benzene ring substituents is 1. The Morgan fingerprint density at radius 2 is 1.62 bits per heavy atom. The zero-order valence-electron chi connectivity index (χ0n) is 13.2. The van der Waals surface area contributed by atoms with E-state index in [1.165, 1.54) is 41.6 Å². The number of carbonyl (C=O) groups is 2. The fraction of sp³-hybridized carbons (Fsp3) is 0. The number of para-hydroxylation sites is 1. The highest BCUT2D eigenvalue weighted by molar-refractivity contribution is 6.10. The average molecular weight is 352 g/mol. The van der Waals surface area contributed by atoms with Crippen molar-refractivity contribution in [3.8, 4) is 0 Å². The lowest BCUT2D eigenvalue weighted by molar-refractivity contribution is -0.384. The van der Waals surface area contributed by atoms with Crippen molar-refractivity contribution in [3.63, 3.8) is 0 Å². The van der Waals surface area contributed by atoms with Crippen LogP contribution in [0.5, 0.6) is 0 Å². The van der Waals surface area contributed by atoms with E-state index in [1.54, 1.807) is 24.3 Å². The van der Waals surface area contributed by atoms with Crippen LogP contribution in [-0.2, 0) is 0 Å². The molecule has 0 aliphatic heterocycles. The molecule has 0 unspecified atom stereocenters. The maximum absolute atomic E-state index is 12.4. The Kier molecular flexibility index (Phi) is 4.65. The molecule has 26 heavy (non-hydrogen) atoms. The number of anilines is 1. The molecule has 0 fully saturated rings. The highest BCUT2D eigenvalue weighted by Gasteiger charge is 2.15. The van der Waals surface area contributed by atoms with Crippen LogP contribution >= 0.6 is 0 Å². The van der Waals surface area contributed by atoms with Crippen LogP contribution in [0.3, 0.4) is 0 Å². The summed E-state index contributed by atoms with van der Waals surface area (Å²) in [5.41, 5.74) is 3.17. The number of rotatable bonds is 5. The number of nitro groups is 1. The molecule has 0 radical (unpaired) electrons. The molecule has 0 saturated carbocycles. The van der Waals surface area contributed by atoms with Crippen LogP contribution < -0.4 is 10.7 Å². The molecule has 130 valence electrons. The number of nitrogens with one attached hydrogen (secondary N) is 2. The lowest BCUT2D eigenvalue weighted by Crippen LogP contribution is -2.23. The summed E-state index contributed by atoms with van der Waals surface area (Å²) in [6.07, 6.45) is 2.63. The van der Waals surface area contributed by atoms with Gasteiger partial charge in [-0.25, -0.2) is 4.68 Å². The number of carbonyl (C=O) groups excluding carboxylic acids is 2. The summed E-state index contributed by atoms with van der Waals surface area (Å²) < 4.78 is 1.28. The van der Waals surface area contributed by atoms with Crippen molar-refractivity contribution in [1.82, 2.24) is 14.9 Å². The summed E-state index contributed by atoms with van der Waals surface area (Å²) in [6, 6.07) is 11.6. The summed E-state index contributed by atoms with van der Waals surface area (Å²) in [6.45, 7) is 0. The van der Waals surface area contributed by atoms with Gasteiger partial charge in [-0.05, 0) is 24.3 Å². The monoisotopic (exact) mass is 352 g/mol. The van der Waals surface area contributed by atoms with Gasteiger partial charge in [0.2, 0.25) is 0 Å². The average Bonchev–Trinajstić information content (AvgIpc) is 3.15. The van der Waals surface area contributed by atoms with Gasteiger partial charge in [-0.15, -0.1) is 10.2 Å². The summed E-state index contributed by atoms with van der Waals surface area (Å²) in [7, 11) is 0. The van der Waals surface area contributed by atoms with Gasteiger partial charge < -0.3 is 5.32 Å². The minimum absolute atomic E-state index is 0.115. The fourth-order valence-electron chi connectivity index (χ4n) is 2.16. The van der Waals surface area contributed by atoms with Crippen molar-refractivity contribution in [2.45, 2.75) is 0 Å². The molecule has 0 saturated heterocycles.